The number of anilines is 1. The Kier molecular flexibility index (Phi) is 4.87. The molecule has 0 radical (unpaired) electrons. The first-order chi connectivity index (χ1) is 11.2. The van der Waals surface area contributed by atoms with Crippen LogP contribution in [0.4, 0.5) is 18.9 Å². The van der Waals surface area contributed by atoms with Gasteiger partial charge in [-0.2, -0.15) is 13.2 Å². The number of carbonyl (C=O) groups is 2. The molecule has 1 N–H and O–H groups in total. The van der Waals surface area contributed by atoms with Crippen LogP contribution in [0.2, 0.25) is 0 Å². The fourth-order valence-corrected chi connectivity index (χ4v) is 1.97. The van der Waals surface area contributed by atoms with E-state index in [1.54, 1.807) is 0 Å². The van der Waals surface area contributed by atoms with E-state index in [1.807, 2.05) is 0 Å². The number of hydrogen-bond donors (Lipinski definition) is 1. The van der Waals surface area contributed by atoms with Gasteiger partial charge in [0.2, 0.25) is 5.91 Å². The van der Waals surface area contributed by atoms with Crippen molar-refractivity contribution in [1.82, 2.24) is 4.57 Å². The molecule has 1 amide bonds. The van der Waals surface area contributed by atoms with E-state index in [9.17, 15) is 27.6 Å². The first-order valence-electron chi connectivity index (χ1n) is 6.85. The van der Waals surface area contributed by atoms with Crippen LogP contribution in [0.5, 0.6) is 0 Å². The van der Waals surface area contributed by atoms with E-state index in [4.69, 9.17) is 0 Å². The van der Waals surface area contributed by atoms with Crippen molar-refractivity contribution in [3.05, 3.63) is 64.1 Å². The normalized spacial score (nSPS) is 11.2. The summed E-state index contributed by atoms with van der Waals surface area (Å²) in [6.07, 6.45) is -4.00. The number of benzene rings is 1. The lowest BCUT2D eigenvalue weighted by Gasteiger charge is -2.11. The van der Waals surface area contributed by atoms with Gasteiger partial charge in [0.05, 0.1) is 5.56 Å². The van der Waals surface area contributed by atoms with Crippen LogP contribution in [0, 0.1) is 0 Å². The molecular weight excluding hydrogens is 325 g/mol. The summed E-state index contributed by atoms with van der Waals surface area (Å²) in [6.45, 7) is 0.838. The monoisotopic (exact) mass is 338 g/mol. The molecule has 1 heterocycles. The van der Waals surface area contributed by atoms with Gasteiger partial charge < -0.3 is 9.88 Å². The van der Waals surface area contributed by atoms with Gasteiger partial charge in [0.1, 0.15) is 6.54 Å². The van der Waals surface area contributed by atoms with E-state index in [2.05, 4.69) is 5.32 Å². The van der Waals surface area contributed by atoms with Gasteiger partial charge in [-0.15, -0.1) is 0 Å². The number of nitrogens with zero attached hydrogens (tertiary/aromatic N) is 1. The lowest BCUT2D eigenvalue weighted by molar-refractivity contribution is -0.138. The molecule has 2 aromatic rings. The molecule has 0 atom stereocenters. The smallest absolute Gasteiger partial charge is 0.325 e. The SMILES string of the molecule is CC(=O)c1ccc(NC(=O)Cn2cc(C(F)(F)F)ccc2=O)cc1. The standard InChI is InChI=1S/C16H13F3N2O3/c1-10(22)11-2-5-13(6-3-11)20-14(23)9-21-8-12(16(17,18)19)4-7-15(21)24/h2-8H,9H2,1H3,(H,20,23). The van der Waals surface area contributed by atoms with Gasteiger partial charge in [-0.05, 0) is 37.3 Å². The zero-order valence-electron chi connectivity index (χ0n) is 12.6. The molecule has 1 aromatic heterocycles. The van der Waals surface area contributed by atoms with Crippen molar-refractivity contribution < 1.29 is 22.8 Å². The van der Waals surface area contributed by atoms with Crippen molar-refractivity contribution in [2.45, 2.75) is 19.6 Å². The molecule has 8 heteroatoms. The average Bonchev–Trinajstić information content (AvgIpc) is 2.48. The van der Waals surface area contributed by atoms with Gasteiger partial charge in [-0.1, -0.05) is 0 Å². The summed E-state index contributed by atoms with van der Waals surface area (Å²) in [5.41, 5.74) is -0.905. The maximum absolute atomic E-state index is 12.6. The number of ketones is 1. The second-order valence-electron chi connectivity index (χ2n) is 5.06. The molecule has 0 aliphatic heterocycles. The third-order valence-corrected chi connectivity index (χ3v) is 3.20. The molecule has 0 saturated carbocycles. The lowest BCUT2D eigenvalue weighted by Crippen LogP contribution is -2.28. The number of alkyl halides is 3. The summed E-state index contributed by atoms with van der Waals surface area (Å²) >= 11 is 0. The predicted octanol–water partition coefficient (Wildman–Crippen LogP) is 2.71. The van der Waals surface area contributed by atoms with Crippen LogP contribution in [0.15, 0.2) is 47.4 Å². The van der Waals surface area contributed by atoms with Gasteiger partial charge in [0.15, 0.2) is 5.78 Å². The second-order valence-corrected chi connectivity index (χ2v) is 5.06. The van der Waals surface area contributed by atoms with E-state index in [0.717, 1.165) is 6.07 Å². The summed E-state index contributed by atoms with van der Waals surface area (Å²) in [7, 11) is 0. The van der Waals surface area contributed by atoms with Crippen LogP contribution in [-0.2, 0) is 17.5 Å². The van der Waals surface area contributed by atoms with Crippen molar-refractivity contribution in [2.24, 2.45) is 0 Å². The molecule has 0 saturated heterocycles. The Morgan fingerprint density at radius 1 is 1.08 bits per heavy atom. The highest BCUT2D eigenvalue weighted by Gasteiger charge is 2.31. The fraction of sp³-hybridized carbons (Fsp3) is 0.188. The van der Waals surface area contributed by atoms with Crippen LogP contribution in [0.3, 0.4) is 0 Å². The summed E-state index contributed by atoms with van der Waals surface area (Å²) < 4.78 is 38.6. The summed E-state index contributed by atoms with van der Waals surface area (Å²) in [5.74, 6) is -0.796. The Morgan fingerprint density at radius 2 is 1.71 bits per heavy atom. The van der Waals surface area contributed by atoms with E-state index in [-0.39, 0.29) is 5.78 Å². The number of nitrogens with one attached hydrogen (secondary N) is 1. The molecule has 1 aromatic carbocycles. The minimum Gasteiger partial charge on any atom is -0.325 e. The predicted molar refractivity (Wildman–Crippen MR) is 80.8 cm³/mol. The number of aromatic nitrogens is 1. The number of Topliss-reactive ketones (excluding diaryl/α,β-unsaturated/α-hetero) is 1. The second kappa shape index (κ2) is 6.69. The molecular formula is C16H13F3N2O3. The third kappa shape index (κ3) is 4.31. The molecule has 24 heavy (non-hydrogen) atoms. The highest BCUT2D eigenvalue weighted by atomic mass is 19.4. The quantitative estimate of drug-likeness (QED) is 0.872. The molecule has 0 unspecified atom stereocenters. The summed E-state index contributed by atoms with van der Waals surface area (Å²) in [6, 6.07) is 7.42. The Morgan fingerprint density at radius 3 is 2.25 bits per heavy atom. The molecule has 0 bridgehead atoms. The largest absolute Gasteiger partial charge is 0.417 e. The van der Waals surface area contributed by atoms with E-state index in [1.165, 1.54) is 31.2 Å². The Hall–Kier alpha value is -2.90. The molecule has 0 aliphatic rings. The maximum atomic E-state index is 12.6. The van der Waals surface area contributed by atoms with Crippen LogP contribution in [-0.4, -0.2) is 16.3 Å². The van der Waals surface area contributed by atoms with Gasteiger partial charge in [0, 0.05) is 23.5 Å². The van der Waals surface area contributed by atoms with Crippen molar-refractivity contribution in [2.75, 3.05) is 5.32 Å². The number of carbonyl (C=O) groups excluding carboxylic acids is 2. The molecule has 0 spiro atoms. The first kappa shape index (κ1) is 17.5. The Labute approximate surface area is 134 Å². The van der Waals surface area contributed by atoms with E-state index < -0.39 is 29.8 Å². The zero-order valence-corrected chi connectivity index (χ0v) is 12.6. The summed E-state index contributed by atoms with van der Waals surface area (Å²) in [5, 5.41) is 2.45. The van der Waals surface area contributed by atoms with Crippen LogP contribution < -0.4 is 10.9 Å². The maximum Gasteiger partial charge on any atom is 0.417 e. The summed E-state index contributed by atoms with van der Waals surface area (Å²) in [4.78, 5) is 34.6. The zero-order chi connectivity index (χ0) is 17.9. The van der Waals surface area contributed by atoms with Gasteiger partial charge in [0.25, 0.3) is 5.56 Å². The number of amides is 1. The minimum atomic E-state index is -4.60. The van der Waals surface area contributed by atoms with Crippen molar-refractivity contribution in [3.63, 3.8) is 0 Å². The first-order valence-corrected chi connectivity index (χ1v) is 6.85. The van der Waals surface area contributed by atoms with Crippen LogP contribution in [0.25, 0.3) is 0 Å². The minimum absolute atomic E-state index is 0.136. The van der Waals surface area contributed by atoms with Crippen molar-refractivity contribution >= 4 is 17.4 Å². The number of halogens is 3. The highest BCUT2D eigenvalue weighted by Crippen LogP contribution is 2.28. The van der Waals surface area contributed by atoms with E-state index in [0.29, 0.717) is 28.1 Å². The number of rotatable bonds is 4. The Bertz CT molecular complexity index is 824. The van der Waals surface area contributed by atoms with Crippen LogP contribution in [0.1, 0.15) is 22.8 Å². The molecule has 2 rings (SSSR count). The molecule has 0 fully saturated rings. The molecule has 0 aliphatic carbocycles. The van der Waals surface area contributed by atoms with Crippen molar-refractivity contribution in [3.8, 4) is 0 Å². The van der Waals surface area contributed by atoms with E-state index >= 15 is 0 Å². The topological polar surface area (TPSA) is 68.2 Å². The number of pyridine rings is 1. The van der Waals surface area contributed by atoms with Gasteiger partial charge >= 0.3 is 6.18 Å². The average molecular weight is 338 g/mol. The van der Waals surface area contributed by atoms with Gasteiger partial charge in [-0.3, -0.25) is 14.4 Å². The van der Waals surface area contributed by atoms with Gasteiger partial charge in [-0.25, -0.2) is 0 Å². The third-order valence-electron chi connectivity index (χ3n) is 3.20. The fourth-order valence-electron chi connectivity index (χ4n) is 1.97. The lowest BCUT2D eigenvalue weighted by atomic mass is 10.1. The molecule has 5 nitrogen and oxygen atoms in total. The van der Waals surface area contributed by atoms with Crippen LogP contribution >= 0.6 is 0 Å². The Balaban J connectivity index is 2.12. The highest BCUT2D eigenvalue weighted by molar-refractivity contribution is 5.95. The number of hydrogen-bond acceptors (Lipinski definition) is 3. The van der Waals surface area contributed by atoms with Crippen molar-refractivity contribution in [1.29, 1.82) is 0 Å². The molecule has 126 valence electrons.